The van der Waals surface area contributed by atoms with Crippen molar-refractivity contribution in [1.82, 2.24) is 4.90 Å². The third-order valence-electron chi connectivity index (χ3n) is 3.93. The number of carbonyl (C=O) groups excluding carboxylic acids is 1. The summed E-state index contributed by atoms with van der Waals surface area (Å²) in [4.78, 5) is 13.6. The van der Waals surface area contributed by atoms with Gasteiger partial charge in [-0.3, -0.25) is 4.79 Å². The van der Waals surface area contributed by atoms with E-state index in [9.17, 15) is 4.79 Å². The van der Waals surface area contributed by atoms with Crippen LogP contribution in [0.4, 0.5) is 0 Å². The molecule has 4 N–H and O–H groups in total. The molecule has 106 valence electrons. The molecule has 0 bridgehead atoms. The molecule has 0 aliphatic carbocycles. The van der Waals surface area contributed by atoms with Crippen LogP contribution >= 0.6 is 0 Å². The lowest BCUT2D eigenvalue weighted by Gasteiger charge is -2.35. The van der Waals surface area contributed by atoms with Gasteiger partial charge in [0.1, 0.15) is 0 Å². The smallest absolute Gasteiger partial charge is 0.237 e. The lowest BCUT2D eigenvalue weighted by atomic mass is 9.91. The van der Waals surface area contributed by atoms with Crippen LogP contribution in [0.25, 0.3) is 0 Å². The molecule has 1 amide bonds. The minimum absolute atomic E-state index is 0.400. The summed E-state index contributed by atoms with van der Waals surface area (Å²) >= 11 is 0. The number of carbonyl (C=O) groups is 1. The van der Waals surface area contributed by atoms with Crippen LogP contribution < -0.4 is 11.5 Å². The van der Waals surface area contributed by atoms with Crippen LogP contribution in [-0.4, -0.2) is 36.0 Å². The van der Waals surface area contributed by atoms with Crippen LogP contribution in [0.5, 0.6) is 0 Å². The number of hydrogen-bond donors (Lipinski definition) is 2. The van der Waals surface area contributed by atoms with Crippen LogP contribution in [0.1, 0.15) is 46.5 Å². The molecule has 0 radical (unpaired) electrons. The number of primary amides is 1. The maximum absolute atomic E-state index is 11.1. The van der Waals surface area contributed by atoms with Gasteiger partial charge in [-0.05, 0) is 51.0 Å². The summed E-state index contributed by atoms with van der Waals surface area (Å²) in [6.45, 7) is 9.91. The number of unbranched alkanes of at least 4 members (excludes halogenated alkanes) is 1. The Morgan fingerprint density at radius 2 is 1.83 bits per heavy atom. The molecular weight excluding hydrogens is 226 g/mol. The highest BCUT2D eigenvalue weighted by Gasteiger charge is 2.25. The minimum atomic E-state index is -0.845. The van der Waals surface area contributed by atoms with Gasteiger partial charge in [0, 0.05) is 13.1 Å². The fourth-order valence-electron chi connectivity index (χ4n) is 2.93. The molecule has 1 rings (SSSR count). The van der Waals surface area contributed by atoms with E-state index < -0.39 is 11.4 Å². The number of nitrogens with zero attached hydrogens (tertiary/aromatic N) is 1. The molecule has 0 aromatic rings. The Kier molecular flexibility index (Phi) is 5.60. The average molecular weight is 255 g/mol. The third-order valence-corrected chi connectivity index (χ3v) is 3.93. The van der Waals surface area contributed by atoms with E-state index >= 15 is 0 Å². The first kappa shape index (κ1) is 15.4. The predicted molar refractivity (Wildman–Crippen MR) is 75.0 cm³/mol. The lowest BCUT2D eigenvalue weighted by Crippen LogP contribution is -2.49. The van der Waals surface area contributed by atoms with Crippen molar-refractivity contribution in [2.45, 2.75) is 52.0 Å². The van der Waals surface area contributed by atoms with E-state index in [1.54, 1.807) is 6.92 Å². The molecule has 1 saturated heterocycles. The second kappa shape index (κ2) is 6.53. The first-order valence-electron chi connectivity index (χ1n) is 7.12. The number of amides is 1. The van der Waals surface area contributed by atoms with Crippen molar-refractivity contribution in [2.75, 3.05) is 19.6 Å². The van der Waals surface area contributed by atoms with E-state index in [1.165, 1.54) is 19.5 Å². The Morgan fingerprint density at radius 3 is 2.33 bits per heavy atom. The fourth-order valence-corrected chi connectivity index (χ4v) is 2.93. The molecule has 4 heteroatoms. The van der Waals surface area contributed by atoms with Crippen molar-refractivity contribution in [3.63, 3.8) is 0 Å². The van der Waals surface area contributed by atoms with Gasteiger partial charge >= 0.3 is 0 Å². The van der Waals surface area contributed by atoms with Gasteiger partial charge in [0.05, 0.1) is 5.54 Å². The Labute approximate surface area is 111 Å². The van der Waals surface area contributed by atoms with Gasteiger partial charge < -0.3 is 16.4 Å². The summed E-state index contributed by atoms with van der Waals surface area (Å²) in [5.74, 6) is 1.21. The highest BCUT2D eigenvalue weighted by Crippen LogP contribution is 2.21. The van der Waals surface area contributed by atoms with Gasteiger partial charge in [0.15, 0.2) is 0 Å². The third kappa shape index (κ3) is 4.94. The normalized spacial score (nSPS) is 28.9. The van der Waals surface area contributed by atoms with Gasteiger partial charge in [0.2, 0.25) is 5.91 Å². The number of piperidine rings is 1. The number of likely N-dealkylation sites (tertiary alicyclic amines) is 1. The summed E-state index contributed by atoms with van der Waals surface area (Å²) in [5, 5.41) is 0. The van der Waals surface area contributed by atoms with Gasteiger partial charge in [-0.2, -0.15) is 0 Å². The lowest BCUT2D eigenvalue weighted by molar-refractivity contribution is -0.122. The zero-order valence-corrected chi connectivity index (χ0v) is 12.1. The van der Waals surface area contributed by atoms with E-state index in [4.69, 9.17) is 11.5 Å². The molecule has 0 spiro atoms. The van der Waals surface area contributed by atoms with Crippen molar-refractivity contribution in [1.29, 1.82) is 0 Å². The molecule has 1 fully saturated rings. The summed E-state index contributed by atoms with van der Waals surface area (Å²) in [5.41, 5.74) is 10.2. The molecule has 3 atom stereocenters. The largest absolute Gasteiger partial charge is 0.368 e. The standard InChI is InChI=1S/C14H29N3O/c1-11-8-12(2)10-17(9-11)7-5-4-6-14(3,16)13(15)18/h11-12H,4-10,16H2,1-3H3,(H2,15,18). The van der Waals surface area contributed by atoms with E-state index in [0.717, 1.165) is 31.2 Å². The van der Waals surface area contributed by atoms with E-state index in [1.807, 2.05) is 0 Å². The SMILES string of the molecule is CC1CC(C)CN(CCCCC(C)(N)C(N)=O)C1. The van der Waals surface area contributed by atoms with Crippen LogP contribution in [0.3, 0.4) is 0 Å². The quantitative estimate of drug-likeness (QED) is 0.703. The van der Waals surface area contributed by atoms with Gasteiger partial charge in [-0.15, -0.1) is 0 Å². The van der Waals surface area contributed by atoms with Gasteiger partial charge in [-0.1, -0.05) is 13.8 Å². The molecule has 1 heterocycles. The van der Waals surface area contributed by atoms with Crippen molar-refractivity contribution in [3.8, 4) is 0 Å². The Bertz CT molecular complexity index is 268. The molecule has 3 unspecified atom stereocenters. The zero-order chi connectivity index (χ0) is 13.8. The van der Waals surface area contributed by atoms with Crippen molar-refractivity contribution >= 4 is 5.91 Å². The Hall–Kier alpha value is -0.610. The molecule has 0 saturated carbocycles. The van der Waals surface area contributed by atoms with Crippen molar-refractivity contribution < 1.29 is 4.79 Å². The highest BCUT2D eigenvalue weighted by molar-refractivity contribution is 5.83. The maximum Gasteiger partial charge on any atom is 0.237 e. The second-order valence-corrected chi connectivity index (χ2v) is 6.44. The van der Waals surface area contributed by atoms with Crippen molar-refractivity contribution in [2.24, 2.45) is 23.3 Å². The zero-order valence-electron chi connectivity index (χ0n) is 12.1. The Morgan fingerprint density at radius 1 is 1.28 bits per heavy atom. The topological polar surface area (TPSA) is 72.3 Å². The highest BCUT2D eigenvalue weighted by atomic mass is 16.1. The van der Waals surface area contributed by atoms with Crippen LogP contribution in [0, 0.1) is 11.8 Å². The number of hydrogen-bond acceptors (Lipinski definition) is 3. The summed E-state index contributed by atoms with van der Waals surface area (Å²) in [6, 6.07) is 0. The molecule has 0 aromatic carbocycles. The second-order valence-electron chi connectivity index (χ2n) is 6.44. The van der Waals surface area contributed by atoms with Gasteiger partial charge in [-0.25, -0.2) is 0 Å². The molecule has 1 aliphatic heterocycles. The summed E-state index contributed by atoms with van der Waals surface area (Å²) in [6.07, 6.45) is 4.09. The summed E-state index contributed by atoms with van der Waals surface area (Å²) < 4.78 is 0. The molecule has 1 aliphatic rings. The molecular formula is C14H29N3O. The minimum Gasteiger partial charge on any atom is -0.368 e. The van der Waals surface area contributed by atoms with E-state index in [2.05, 4.69) is 18.7 Å². The van der Waals surface area contributed by atoms with E-state index in [-0.39, 0.29) is 0 Å². The number of nitrogens with two attached hydrogens (primary N) is 2. The van der Waals surface area contributed by atoms with Crippen molar-refractivity contribution in [3.05, 3.63) is 0 Å². The van der Waals surface area contributed by atoms with Crippen LogP contribution in [-0.2, 0) is 4.79 Å². The predicted octanol–water partition coefficient (Wildman–Crippen LogP) is 1.34. The molecule has 0 aromatic heterocycles. The van der Waals surface area contributed by atoms with Crippen LogP contribution in [0.2, 0.25) is 0 Å². The Balaban J connectivity index is 2.20. The molecule has 4 nitrogen and oxygen atoms in total. The first-order valence-corrected chi connectivity index (χ1v) is 7.12. The average Bonchev–Trinajstić information content (AvgIpc) is 2.23. The summed E-state index contributed by atoms with van der Waals surface area (Å²) in [7, 11) is 0. The maximum atomic E-state index is 11.1. The van der Waals surface area contributed by atoms with Crippen LogP contribution in [0.15, 0.2) is 0 Å². The first-order chi connectivity index (χ1) is 8.31. The number of rotatable bonds is 6. The van der Waals surface area contributed by atoms with E-state index in [0.29, 0.717) is 6.42 Å². The fraction of sp³-hybridized carbons (Fsp3) is 0.929. The monoisotopic (exact) mass is 255 g/mol. The molecule has 18 heavy (non-hydrogen) atoms. The van der Waals surface area contributed by atoms with Gasteiger partial charge in [0.25, 0.3) is 0 Å².